The van der Waals surface area contributed by atoms with Crippen molar-refractivity contribution in [3.05, 3.63) is 72.1 Å². The van der Waals surface area contributed by atoms with E-state index in [1.165, 1.54) is 30.9 Å². The number of rotatable bonds is 9. The number of benzene rings is 1. The second kappa shape index (κ2) is 10.2. The van der Waals surface area contributed by atoms with Crippen LogP contribution < -0.4 is 0 Å². The van der Waals surface area contributed by atoms with Crippen LogP contribution >= 0.6 is 0 Å². The van der Waals surface area contributed by atoms with Gasteiger partial charge in [-0.05, 0) is 30.4 Å². The SMILES string of the molecule is CCCCCc1ccc(-c2ncc(CC=CC=CC(=O)O)cn2)cc1. The first-order chi connectivity index (χ1) is 12.2. The Morgan fingerprint density at radius 1 is 1.04 bits per heavy atom. The molecule has 0 spiro atoms. The van der Waals surface area contributed by atoms with Gasteiger partial charge in [0.25, 0.3) is 0 Å². The largest absolute Gasteiger partial charge is 0.478 e. The van der Waals surface area contributed by atoms with E-state index in [2.05, 4.69) is 41.2 Å². The number of aliphatic carboxylic acids is 1. The molecule has 2 aromatic rings. The van der Waals surface area contributed by atoms with Crippen molar-refractivity contribution in [1.29, 1.82) is 0 Å². The number of aromatic nitrogens is 2. The summed E-state index contributed by atoms with van der Waals surface area (Å²) >= 11 is 0. The van der Waals surface area contributed by atoms with Crippen LogP contribution in [0.4, 0.5) is 0 Å². The molecule has 0 amide bonds. The number of carboxylic acids is 1. The summed E-state index contributed by atoms with van der Waals surface area (Å²) in [6, 6.07) is 8.46. The third-order valence-corrected chi connectivity index (χ3v) is 3.83. The Labute approximate surface area is 149 Å². The molecule has 25 heavy (non-hydrogen) atoms. The molecule has 0 saturated carbocycles. The van der Waals surface area contributed by atoms with Gasteiger partial charge in [-0.25, -0.2) is 14.8 Å². The molecule has 2 rings (SSSR count). The van der Waals surface area contributed by atoms with Crippen molar-refractivity contribution in [1.82, 2.24) is 9.97 Å². The smallest absolute Gasteiger partial charge is 0.328 e. The first-order valence-corrected chi connectivity index (χ1v) is 8.65. The molecule has 0 aliphatic rings. The van der Waals surface area contributed by atoms with Gasteiger partial charge in [0.2, 0.25) is 0 Å². The van der Waals surface area contributed by atoms with Gasteiger partial charge in [-0.1, -0.05) is 62.3 Å². The lowest BCUT2D eigenvalue weighted by Crippen LogP contribution is -1.92. The number of nitrogens with zero attached hydrogens (tertiary/aromatic N) is 2. The van der Waals surface area contributed by atoms with Crippen LogP contribution in [0.2, 0.25) is 0 Å². The van der Waals surface area contributed by atoms with Crippen LogP contribution in [0.1, 0.15) is 37.3 Å². The minimum atomic E-state index is -0.950. The summed E-state index contributed by atoms with van der Waals surface area (Å²) in [6.07, 6.45) is 15.3. The van der Waals surface area contributed by atoms with Crippen LogP contribution in [0, 0.1) is 0 Å². The van der Waals surface area contributed by atoms with E-state index in [1.807, 2.05) is 18.5 Å². The molecule has 0 unspecified atom stereocenters. The van der Waals surface area contributed by atoms with E-state index in [-0.39, 0.29) is 0 Å². The Morgan fingerprint density at radius 2 is 1.76 bits per heavy atom. The van der Waals surface area contributed by atoms with Crippen LogP contribution in [-0.4, -0.2) is 21.0 Å². The molecule has 130 valence electrons. The number of unbranched alkanes of at least 4 members (excludes halogenated alkanes) is 2. The number of carbonyl (C=O) groups is 1. The van der Waals surface area contributed by atoms with Gasteiger partial charge >= 0.3 is 5.97 Å². The van der Waals surface area contributed by atoms with Gasteiger partial charge in [-0.15, -0.1) is 0 Å². The Hall–Kier alpha value is -2.75. The molecule has 1 aromatic heterocycles. The quantitative estimate of drug-likeness (QED) is 0.412. The summed E-state index contributed by atoms with van der Waals surface area (Å²) in [5, 5.41) is 8.50. The normalized spacial score (nSPS) is 11.4. The van der Waals surface area contributed by atoms with Gasteiger partial charge in [0, 0.05) is 24.0 Å². The third-order valence-electron chi connectivity index (χ3n) is 3.83. The van der Waals surface area contributed by atoms with E-state index >= 15 is 0 Å². The van der Waals surface area contributed by atoms with Gasteiger partial charge in [0.05, 0.1) is 0 Å². The molecule has 0 fully saturated rings. The molecular formula is C21H24N2O2. The van der Waals surface area contributed by atoms with Gasteiger partial charge in [-0.2, -0.15) is 0 Å². The van der Waals surface area contributed by atoms with Crippen molar-refractivity contribution in [2.75, 3.05) is 0 Å². The number of carboxylic acid groups (broad SMARTS) is 1. The average Bonchev–Trinajstić information content (AvgIpc) is 2.63. The topological polar surface area (TPSA) is 63.1 Å². The minimum Gasteiger partial charge on any atom is -0.478 e. The monoisotopic (exact) mass is 336 g/mol. The molecule has 4 heteroatoms. The van der Waals surface area contributed by atoms with E-state index < -0.39 is 5.97 Å². The maximum absolute atomic E-state index is 10.4. The molecule has 0 aliphatic heterocycles. The standard InChI is InChI=1S/C21H24N2O2/c1-2-3-5-8-17-11-13-19(14-12-17)21-22-15-18(16-23-21)9-6-4-7-10-20(24)25/h4,6-7,10-16H,2-3,5,8-9H2,1H3,(H,24,25). The Kier molecular flexibility index (Phi) is 7.57. The van der Waals surface area contributed by atoms with Crippen molar-refractivity contribution in [2.24, 2.45) is 0 Å². The first-order valence-electron chi connectivity index (χ1n) is 8.65. The fourth-order valence-corrected chi connectivity index (χ4v) is 2.43. The van der Waals surface area contributed by atoms with Crippen molar-refractivity contribution >= 4 is 5.97 Å². The Balaban J connectivity index is 1.91. The zero-order chi connectivity index (χ0) is 17.9. The van der Waals surface area contributed by atoms with Crippen molar-refractivity contribution in [3.8, 4) is 11.4 Å². The summed E-state index contributed by atoms with van der Waals surface area (Å²) < 4.78 is 0. The molecular weight excluding hydrogens is 312 g/mol. The number of allylic oxidation sites excluding steroid dienone is 3. The molecule has 0 saturated heterocycles. The summed E-state index contributed by atoms with van der Waals surface area (Å²) in [5.74, 6) is -0.229. The molecule has 1 aromatic carbocycles. The van der Waals surface area contributed by atoms with E-state index in [9.17, 15) is 4.79 Å². The third kappa shape index (κ3) is 6.71. The average molecular weight is 336 g/mol. The lowest BCUT2D eigenvalue weighted by Gasteiger charge is -2.04. The highest BCUT2D eigenvalue weighted by atomic mass is 16.4. The van der Waals surface area contributed by atoms with E-state index in [0.29, 0.717) is 6.42 Å². The van der Waals surface area contributed by atoms with Gasteiger partial charge in [0.1, 0.15) is 0 Å². The van der Waals surface area contributed by atoms with E-state index in [0.717, 1.165) is 29.4 Å². The van der Waals surface area contributed by atoms with Crippen LogP contribution in [0.3, 0.4) is 0 Å². The fraction of sp³-hybridized carbons (Fsp3) is 0.286. The fourth-order valence-electron chi connectivity index (χ4n) is 2.43. The highest BCUT2D eigenvalue weighted by molar-refractivity contribution is 5.80. The lowest BCUT2D eigenvalue weighted by atomic mass is 10.1. The zero-order valence-corrected chi connectivity index (χ0v) is 14.6. The number of hydrogen-bond acceptors (Lipinski definition) is 3. The summed E-state index contributed by atoms with van der Waals surface area (Å²) in [5.41, 5.74) is 3.36. The highest BCUT2D eigenvalue weighted by Crippen LogP contribution is 2.17. The second-order valence-corrected chi connectivity index (χ2v) is 5.90. The summed E-state index contributed by atoms with van der Waals surface area (Å²) in [4.78, 5) is 19.2. The molecule has 4 nitrogen and oxygen atoms in total. The van der Waals surface area contributed by atoms with Crippen LogP contribution in [-0.2, 0) is 17.6 Å². The van der Waals surface area contributed by atoms with Crippen LogP contribution in [0.15, 0.2) is 61.0 Å². The highest BCUT2D eigenvalue weighted by Gasteiger charge is 2.02. The second-order valence-electron chi connectivity index (χ2n) is 5.90. The van der Waals surface area contributed by atoms with Crippen molar-refractivity contribution < 1.29 is 9.90 Å². The number of aryl methyl sites for hydroxylation is 1. The van der Waals surface area contributed by atoms with E-state index in [4.69, 9.17) is 5.11 Å². The predicted molar refractivity (Wildman–Crippen MR) is 100 cm³/mol. The van der Waals surface area contributed by atoms with Gasteiger partial charge in [-0.3, -0.25) is 0 Å². The summed E-state index contributed by atoms with van der Waals surface area (Å²) in [6.45, 7) is 2.21. The van der Waals surface area contributed by atoms with Gasteiger partial charge in [0.15, 0.2) is 5.82 Å². The molecule has 0 aliphatic carbocycles. The molecule has 0 radical (unpaired) electrons. The van der Waals surface area contributed by atoms with Gasteiger partial charge < -0.3 is 5.11 Å². The Bertz CT molecular complexity index is 717. The van der Waals surface area contributed by atoms with Crippen molar-refractivity contribution in [2.45, 2.75) is 39.0 Å². The summed E-state index contributed by atoms with van der Waals surface area (Å²) in [7, 11) is 0. The molecule has 1 N–H and O–H groups in total. The van der Waals surface area contributed by atoms with E-state index in [1.54, 1.807) is 6.08 Å². The zero-order valence-electron chi connectivity index (χ0n) is 14.6. The maximum Gasteiger partial charge on any atom is 0.328 e. The molecule has 1 heterocycles. The number of hydrogen-bond donors (Lipinski definition) is 1. The lowest BCUT2D eigenvalue weighted by molar-refractivity contribution is -0.131. The minimum absolute atomic E-state index is 0.667. The maximum atomic E-state index is 10.4. The van der Waals surface area contributed by atoms with Crippen LogP contribution in [0.5, 0.6) is 0 Å². The molecule has 0 bridgehead atoms. The van der Waals surface area contributed by atoms with Crippen LogP contribution in [0.25, 0.3) is 11.4 Å². The molecule has 0 atom stereocenters. The predicted octanol–water partition coefficient (Wildman–Crippen LogP) is 4.62. The van der Waals surface area contributed by atoms with Crippen molar-refractivity contribution in [3.63, 3.8) is 0 Å². The first kappa shape index (κ1) is 18.6. The Morgan fingerprint density at radius 3 is 2.40 bits per heavy atom.